The van der Waals surface area contributed by atoms with E-state index >= 15 is 0 Å². The molecule has 1 heterocycles. The molecule has 0 atom stereocenters. The third-order valence-corrected chi connectivity index (χ3v) is 4.56. The van der Waals surface area contributed by atoms with Crippen molar-refractivity contribution in [3.8, 4) is 10.6 Å². The van der Waals surface area contributed by atoms with Gasteiger partial charge in [-0.05, 0) is 28.4 Å². The highest BCUT2D eigenvalue weighted by Crippen LogP contribution is 2.32. The summed E-state index contributed by atoms with van der Waals surface area (Å²) in [5.41, 5.74) is 2.33. The van der Waals surface area contributed by atoms with Crippen LogP contribution in [-0.2, 0) is 6.54 Å². The van der Waals surface area contributed by atoms with Gasteiger partial charge in [0, 0.05) is 22.6 Å². The Labute approximate surface area is 120 Å². The molecular weight excluding hydrogens is 310 g/mol. The summed E-state index contributed by atoms with van der Waals surface area (Å²) in [5.74, 6) is 0. The summed E-state index contributed by atoms with van der Waals surface area (Å²) in [4.78, 5) is 0. The van der Waals surface area contributed by atoms with Crippen molar-refractivity contribution in [1.29, 1.82) is 0 Å². The maximum atomic E-state index is 4.26. The van der Waals surface area contributed by atoms with Gasteiger partial charge in [-0.1, -0.05) is 43.4 Å². The standard InChI is InChI=1S/C13H16BrN3S/c1-8(2)15-7-11-16-17-13(18-11)10-6-4-5-9(3)12(10)14/h4-6,8,15H,7H2,1-3H3. The smallest absolute Gasteiger partial charge is 0.148 e. The molecule has 1 N–H and O–H groups in total. The van der Waals surface area contributed by atoms with Gasteiger partial charge in [-0.3, -0.25) is 0 Å². The van der Waals surface area contributed by atoms with Crippen LogP contribution in [0.5, 0.6) is 0 Å². The minimum absolute atomic E-state index is 0.461. The molecule has 0 bridgehead atoms. The summed E-state index contributed by atoms with van der Waals surface area (Å²) in [6.07, 6.45) is 0. The lowest BCUT2D eigenvalue weighted by atomic mass is 10.1. The second-order valence-corrected chi connectivity index (χ2v) is 6.33. The van der Waals surface area contributed by atoms with E-state index in [1.54, 1.807) is 11.3 Å². The lowest BCUT2D eigenvalue weighted by Gasteiger charge is -2.04. The highest BCUT2D eigenvalue weighted by atomic mass is 79.9. The van der Waals surface area contributed by atoms with Crippen molar-refractivity contribution in [3.05, 3.63) is 33.2 Å². The first-order chi connectivity index (χ1) is 8.58. The molecule has 0 amide bonds. The number of rotatable bonds is 4. The van der Waals surface area contributed by atoms with Crippen LogP contribution in [0.2, 0.25) is 0 Å². The van der Waals surface area contributed by atoms with E-state index in [2.05, 4.69) is 64.3 Å². The van der Waals surface area contributed by atoms with Crippen LogP contribution in [0.25, 0.3) is 10.6 Å². The Morgan fingerprint density at radius 2 is 2.11 bits per heavy atom. The maximum absolute atomic E-state index is 4.26. The summed E-state index contributed by atoms with van der Waals surface area (Å²) in [7, 11) is 0. The minimum Gasteiger partial charge on any atom is -0.308 e. The topological polar surface area (TPSA) is 37.8 Å². The van der Waals surface area contributed by atoms with Crippen LogP contribution in [0.4, 0.5) is 0 Å². The second kappa shape index (κ2) is 5.91. The highest BCUT2D eigenvalue weighted by Gasteiger charge is 2.11. The van der Waals surface area contributed by atoms with Gasteiger partial charge in [0.2, 0.25) is 0 Å². The molecule has 0 aliphatic rings. The van der Waals surface area contributed by atoms with Gasteiger partial charge in [-0.25, -0.2) is 0 Å². The third kappa shape index (κ3) is 3.16. The quantitative estimate of drug-likeness (QED) is 0.929. The molecule has 0 fully saturated rings. The van der Waals surface area contributed by atoms with Crippen LogP contribution in [0.15, 0.2) is 22.7 Å². The molecule has 0 radical (unpaired) electrons. The van der Waals surface area contributed by atoms with Crippen molar-refractivity contribution in [3.63, 3.8) is 0 Å². The SMILES string of the molecule is Cc1cccc(-c2nnc(CNC(C)C)s2)c1Br. The number of benzene rings is 1. The fourth-order valence-corrected chi connectivity index (χ4v) is 2.94. The zero-order chi connectivity index (χ0) is 13.1. The number of nitrogens with one attached hydrogen (secondary N) is 1. The number of halogens is 1. The van der Waals surface area contributed by atoms with Crippen molar-refractivity contribution in [2.75, 3.05) is 0 Å². The molecule has 1 aromatic carbocycles. The molecule has 0 aliphatic carbocycles. The molecule has 18 heavy (non-hydrogen) atoms. The first-order valence-electron chi connectivity index (χ1n) is 5.89. The Morgan fingerprint density at radius 3 is 2.83 bits per heavy atom. The minimum atomic E-state index is 0.461. The molecule has 2 rings (SSSR count). The van der Waals surface area contributed by atoms with Crippen molar-refractivity contribution in [2.24, 2.45) is 0 Å². The Bertz CT molecular complexity index is 537. The van der Waals surface area contributed by atoms with E-state index in [4.69, 9.17) is 0 Å². The largest absolute Gasteiger partial charge is 0.308 e. The van der Waals surface area contributed by atoms with Crippen LogP contribution in [0, 0.1) is 6.92 Å². The Morgan fingerprint density at radius 1 is 1.33 bits per heavy atom. The summed E-state index contributed by atoms with van der Waals surface area (Å²) in [6.45, 7) is 7.10. The van der Waals surface area contributed by atoms with E-state index < -0.39 is 0 Å². The van der Waals surface area contributed by atoms with Crippen molar-refractivity contribution in [1.82, 2.24) is 15.5 Å². The lowest BCUT2D eigenvalue weighted by molar-refractivity contribution is 0.585. The third-order valence-electron chi connectivity index (χ3n) is 2.55. The van der Waals surface area contributed by atoms with Crippen LogP contribution in [-0.4, -0.2) is 16.2 Å². The fraction of sp³-hybridized carbons (Fsp3) is 0.385. The van der Waals surface area contributed by atoms with Crippen LogP contribution < -0.4 is 5.32 Å². The number of aryl methyl sites for hydroxylation is 1. The van der Waals surface area contributed by atoms with E-state index in [-0.39, 0.29) is 0 Å². The zero-order valence-electron chi connectivity index (χ0n) is 10.7. The van der Waals surface area contributed by atoms with E-state index in [1.165, 1.54) is 5.56 Å². The molecule has 1 aromatic heterocycles. The molecular formula is C13H16BrN3S. The fourth-order valence-electron chi connectivity index (χ4n) is 1.54. The first kappa shape index (κ1) is 13.6. The molecule has 0 unspecified atom stereocenters. The molecule has 5 heteroatoms. The van der Waals surface area contributed by atoms with Gasteiger partial charge < -0.3 is 5.32 Å². The van der Waals surface area contributed by atoms with Gasteiger partial charge >= 0.3 is 0 Å². The molecule has 3 nitrogen and oxygen atoms in total. The maximum Gasteiger partial charge on any atom is 0.148 e. The number of hydrogen-bond donors (Lipinski definition) is 1. The van der Waals surface area contributed by atoms with Gasteiger partial charge in [-0.2, -0.15) is 0 Å². The summed E-state index contributed by atoms with van der Waals surface area (Å²) in [6, 6.07) is 6.65. The zero-order valence-corrected chi connectivity index (χ0v) is 13.1. The Balaban J connectivity index is 2.21. The molecule has 0 spiro atoms. The molecule has 0 saturated heterocycles. The summed E-state index contributed by atoms with van der Waals surface area (Å²) < 4.78 is 1.10. The second-order valence-electron chi connectivity index (χ2n) is 4.47. The van der Waals surface area contributed by atoms with Gasteiger partial charge in [0.1, 0.15) is 10.0 Å². The van der Waals surface area contributed by atoms with Crippen molar-refractivity contribution >= 4 is 27.3 Å². The molecule has 96 valence electrons. The number of hydrogen-bond acceptors (Lipinski definition) is 4. The summed E-state index contributed by atoms with van der Waals surface area (Å²) in [5, 5.41) is 13.8. The van der Waals surface area contributed by atoms with E-state index in [9.17, 15) is 0 Å². The van der Waals surface area contributed by atoms with E-state index in [0.29, 0.717) is 6.04 Å². The van der Waals surface area contributed by atoms with Crippen LogP contribution in [0.3, 0.4) is 0 Å². The summed E-state index contributed by atoms with van der Waals surface area (Å²) >= 11 is 5.25. The van der Waals surface area contributed by atoms with Crippen LogP contribution in [0.1, 0.15) is 24.4 Å². The average molecular weight is 326 g/mol. The van der Waals surface area contributed by atoms with Crippen molar-refractivity contribution in [2.45, 2.75) is 33.4 Å². The first-order valence-corrected chi connectivity index (χ1v) is 7.50. The number of aromatic nitrogens is 2. The van der Waals surface area contributed by atoms with E-state index in [1.807, 2.05) is 6.07 Å². The van der Waals surface area contributed by atoms with E-state index in [0.717, 1.165) is 26.6 Å². The van der Waals surface area contributed by atoms with Crippen LogP contribution >= 0.6 is 27.3 Å². The molecule has 2 aromatic rings. The van der Waals surface area contributed by atoms with Gasteiger partial charge in [0.25, 0.3) is 0 Å². The predicted molar refractivity (Wildman–Crippen MR) is 79.8 cm³/mol. The normalized spacial score (nSPS) is 11.2. The Kier molecular flexibility index (Phi) is 4.48. The average Bonchev–Trinajstić information content (AvgIpc) is 2.78. The Hall–Kier alpha value is -0.780. The van der Waals surface area contributed by atoms with Gasteiger partial charge in [-0.15, -0.1) is 10.2 Å². The van der Waals surface area contributed by atoms with Crippen molar-refractivity contribution < 1.29 is 0 Å². The molecule has 0 aliphatic heterocycles. The monoisotopic (exact) mass is 325 g/mol. The van der Waals surface area contributed by atoms with Gasteiger partial charge in [0.15, 0.2) is 0 Å². The molecule has 0 saturated carbocycles. The highest BCUT2D eigenvalue weighted by molar-refractivity contribution is 9.10. The predicted octanol–water partition coefficient (Wildman–Crippen LogP) is 3.77. The number of nitrogens with zero attached hydrogens (tertiary/aromatic N) is 2. The lowest BCUT2D eigenvalue weighted by Crippen LogP contribution is -2.21. The van der Waals surface area contributed by atoms with Gasteiger partial charge in [0.05, 0.1) is 0 Å².